The Hall–Kier alpha value is -3.19. The summed E-state index contributed by atoms with van der Waals surface area (Å²) >= 11 is 0. The Morgan fingerprint density at radius 1 is 1.16 bits per heavy atom. The Morgan fingerprint density at radius 3 is 2.77 bits per heavy atom. The monoisotopic (exact) mass is 419 g/mol. The van der Waals surface area contributed by atoms with E-state index in [1.54, 1.807) is 6.20 Å². The number of para-hydroxylation sites is 1. The number of rotatable bonds is 4. The van der Waals surface area contributed by atoms with Crippen LogP contribution < -0.4 is 16.0 Å². The number of ether oxygens (including phenoxy) is 1. The van der Waals surface area contributed by atoms with Crippen molar-refractivity contribution in [3.8, 4) is 0 Å². The smallest absolute Gasteiger partial charge is 0.312 e. The van der Waals surface area contributed by atoms with E-state index in [4.69, 9.17) is 10.5 Å². The fourth-order valence-corrected chi connectivity index (χ4v) is 3.89. The van der Waals surface area contributed by atoms with Crippen molar-refractivity contribution >= 4 is 34.2 Å². The number of carbonyl (C=O) groups is 1. The van der Waals surface area contributed by atoms with Crippen molar-refractivity contribution in [3.63, 3.8) is 0 Å². The molecule has 1 aliphatic heterocycles. The molecule has 0 amide bonds. The molecular formula is C24H29N5O2. The van der Waals surface area contributed by atoms with E-state index in [-0.39, 0.29) is 11.9 Å². The zero-order chi connectivity index (χ0) is 22.0. The summed E-state index contributed by atoms with van der Waals surface area (Å²) in [6.45, 7) is 6.40. The molecule has 1 aromatic carbocycles. The number of nitrogens with one attached hydrogen (secondary N) is 1. The van der Waals surface area contributed by atoms with E-state index in [1.807, 2.05) is 69.3 Å². The summed E-state index contributed by atoms with van der Waals surface area (Å²) in [6, 6.07) is 15.8. The lowest BCUT2D eigenvalue weighted by Gasteiger charge is -2.40. The summed E-state index contributed by atoms with van der Waals surface area (Å²) in [6.07, 6.45) is 2.89. The van der Waals surface area contributed by atoms with Crippen LogP contribution in [0.25, 0.3) is 10.9 Å². The van der Waals surface area contributed by atoms with Crippen molar-refractivity contribution in [2.45, 2.75) is 45.4 Å². The maximum Gasteiger partial charge on any atom is 0.312 e. The molecule has 7 heteroatoms. The van der Waals surface area contributed by atoms with Crippen LogP contribution in [0.15, 0.2) is 54.7 Å². The molecule has 162 valence electrons. The summed E-state index contributed by atoms with van der Waals surface area (Å²) in [7, 11) is 0. The topological polar surface area (TPSA) is 93.4 Å². The Morgan fingerprint density at radius 2 is 1.97 bits per heavy atom. The Bertz CT molecular complexity index is 1080. The van der Waals surface area contributed by atoms with Crippen molar-refractivity contribution in [3.05, 3.63) is 54.7 Å². The number of aromatic nitrogens is 2. The van der Waals surface area contributed by atoms with Crippen LogP contribution >= 0.6 is 0 Å². The standard InChI is InChI=1S/C24H29N5O2/c1-24(2,3)31-23(30)18-8-6-14-29(22(18)25)17-12-13-26-21(15-17)28-20-11-10-16-7-4-5-9-19(16)27-20/h4-5,7,9-13,15,18,22H,6,8,14,25H2,1-3H3,(H,26,27,28)/t18?,22-/m0/s1. The molecule has 0 radical (unpaired) electrons. The van der Waals surface area contributed by atoms with Crippen molar-refractivity contribution < 1.29 is 9.53 Å². The van der Waals surface area contributed by atoms with Crippen molar-refractivity contribution in [2.75, 3.05) is 16.8 Å². The molecule has 2 aromatic heterocycles. The van der Waals surface area contributed by atoms with Gasteiger partial charge in [0, 0.05) is 29.9 Å². The first-order chi connectivity index (χ1) is 14.8. The first-order valence-electron chi connectivity index (χ1n) is 10.6. The van der Waals surface area contributed by atoms with Crippen LogP contribution in [0, 0.1) is 5.92 Å². The van der Waals surface area contributed by atoms with E-state index in [0.29, 0.717) is 5.82 Å². The van der Waals surface area contributed by atoms with Gasteiger partial charge in [-0.15, -0.1) is 0 Å². The van der Waals surface area contributed by atoms with Crippen molar-refractivity contribution in [1.29, 1.82) is 0 Å². The van der Waals surface area contributed by atoms with Crippen LogP contribution in [0.4, 0.5) is 17.3 Å². The molecule has 1 unspecified atom stereocenters. The molecule has 0 bridgehead atoms. The van der Waals surface area contributed by atoms with Crippen LogP contribution in [0.3, 0.4) is 0 Å². The van der Waals surface area contributed by atoms with Gasteiger partial charge in [-0.2, -0.15) is 0 Å². The molecule has 2 atom stereocenters. The third-order valence-corrected chi connectivity index (χ3v) is 5.33. The maximum atomic E-state index is 12.7. The number of fused-ring (bicyclic) bond motifs is 1. The highest BCUT2D eigenvalue weighted by atomic mass is 16.6. The summed E-state index contributed by atoms with van der Waals surface area (Å²) < 4.78 is 5.59. The molecule has 0 saturated carbocycles. The second-order valence-electron chi connectivity index (χ2n) is 8.88. The lowest BCUT2D eigenvalue weighted by atomic mass is 9.94. The SMILES string of the molecule is CC(C)(C)OC(=O)C1CCCN(c2ccnc(Nc3ccc4ccccc4n3)c2)[C@@H]1N. The highest BCUT2D eigenvalue weighted by Crippen LogP contribution is 2.30. The van der Waals surface area contributed by atoms with Gasteiger partial charge in [-0.05, 0) is 57.9 Å². The average molecular weight is 420 g/mol. The molecule has 31 heavy (non-hydrogen) atoms. The lowest BCUT2D eigenvalue weighted by molar-refractivity contribution is -0.161. The van der Waals surface area contributed by atoms with Gasteiger partial charge < -0.3 is 20.7 Å². The summed E-state index contributed by atoms with van der Waals surface area (Å²) in [4.78, 5) is 23.8. The third-order valence-electron chi connectivity index (χ3n) is 5.33. The second kappa shape index (κ2) is 8.51. The van der Waals surface area contributed by atoms with Crippen LogP contribution in [0.5, 0.6) is 0 Å². The van der Waals surface area contributed by atoms with Crippen molar-refractivity contribution in [1.82, 2.24) is 9.97 Å². The molecule has 3 aromatic rings. The van der Waals surface area contributed by atoms with E-state index in [9.17, 15) is 4.79 Å². The number of hydrogen-bond acceptors (Lipinski definition) is 7. The molecule has 3 N–H and O–H groups in total. The minimum atomic E-state index is -0.528. The van der Waals surface area contributed by atoms with E-state index in [2.05, 4.69) is 20.2 Å². The third kappa shape index (κ3) is 4.94. The molecule has 1 aliphatic rings. The Labute approximate surface area is 182 Å². The first kappa shape index (κ1) is 21.1. The van der Waals surface area contributed by atoms with Gasteiger partial charge in [-0.25, -0.2) is 9.97 Å². The average Bonchev–Trinajstić information content (AvgIpc) is 2.73. The van der Waals surface area contributed by atoms with Gasteiger partial charge in [0.1, 0.15) is 17.2 Å². The molecule has 1 saturated heterocycles. The fraction of sp³-hybridized carbons (Fsp3) is 0.375. The van der Waals surface area contributed by atoms with Crippen LogP contribution in [0.1, 0.15) is 33.6 Å². The number of anilines is 3. The fourth-order valence-electron chi connectivity index (χ4n) is 3.89. The molecule has 1 fully saturated rings. The number of benzene rings is 1. The normalized spacial score (nSPS) is 19.3. The van der Waals surface area contributed by atoms with Gasteiger partial charge in [-0.3, -0.25) is 4.79 Å². The quantitative estimate of drug-likeness (QED) is 0.612. The predicted octanol–water partition coefficient (Wildman–Crippen LogP) is 4.22. The minimum absolute atomic E-state index is 0.238. The predicted molar refractivity (Wildman–Crippen MR) is 123 cm³/mol. The Kier molecular flexibility index (Phi) is 5.78. The zero-order valence-corrected chi connectivity index (χ0v) is 18.2. The number of hydrogen-bond donors (Lipinski definition) is 2. The van der Waals surface area contributed by atoms with Gasteiger partial charge in [-0.1, -0.05) is 18.2 Å². The van der Waals surface area contributed by atoms with Crippen LogP contribution in [-0.2, 0) is 9.53 Å². The number of carbonyl (C=O) groups excluding carboxylic acids is 1. The highest BCUT2D eigenvalue weighted by Gasteiger charge is 2.36. The lowest BCUT2D eigenvalue weighted by Crippen LogP contribution is -2.54. The molecular weight excluding hydrogens is 390 g/mol. The molecule has 4 rings (SSSR count). The largest absolute Gasteiger partial charge is 0.460 e. The summed E-state index contributed by atoms with van der Waals surface area (Å²) in [5, 5.41) is 4.36. The molecule has 7 nitrogen and oxygen atoms in total. The van der Waals surface area contributed by atoms with E-state index in [1.165, 1.54) is 0 Å². The van der Waals surface area contributed by atoms with Gasteiger partial charge in [0.2, 0.25) is 0 Å². The van der Waals surface area contributed by atoms with Gasteiger partial charge in [0.25, 0.3) is 0 Å². The maximum absolute atomic E-state index is 12.7. The minimum Gasteiger partial charge on any atom is -0.460 e. The van der Waals surface area contributed by atoms with Gasteiger partial charge >= 0.3 is 5.97 Å². The van der Waals surface area contributed by atoms with Gasteiger partial charge in [0.05, 0.1) is 17.6 Å². The molecule has 0 aliphatic carbocycles. The molecule has 3 heterocycles. The summed E-state index contributed by atoms with van der Waals surface area (Å²) in [5.74, 6) is 0.793. The van der Waals surface area contributed by atoms with Crippen LogP contribution in [-0.4, -0.2) is 34.2 Å². The number of piperidine rings is 1. The van der Waals surface area contributed by atoms with E-state index >= 15 is 0 Å². The summed E-state index contributed by atoms with van der Waals surface area (Å²) in [5.41, 5.74) is 7.82. The van der Waals surface area contributed by atoms with E-state index in [0.717, 1.165) is 41.8 Å². The number of nitrogens with two attached hydrogens (primary N) is 1. The highest BCUT2D eigenvalue weighted by molar-refractivity contribution is 5.80. The number of pyridine rings is 2. The van der Waals surface area contributed by atoms with Crippen LogP contribution in [0.2, 0.25) is 0 Å². The van der Waals surface area contributed by atoms with Gasteiger partial charge in [0.15, 0.2) is 0 Å². The first-order valence-corrected chi connectivity index (χ1v) is 10.6. The Balaban J connectivity index is 1.52. The van der Waals surface area contributed by atoms with Crippen molar-refractivity contribution in [2.24, 2.45) is 11.7 Å². The second-order valence-corrected chi connectivity index (χ2v) is 8.88. The molecule has 0 spiro atoms. The number of nitrogens with zero attached hydrogens (tertiary/aromatic N) is 3. The zero-order valence-electron chi connectivity index (χ0n) is 18.2. The van der Waals surface area contributed by atoms with E-state index < -0.39 is 11.8 Å². The number of esters is 1.